The van der Waals surface area contributed by atoms with Crippen molar-refractivity contribution in [2.45, 2.75) is 4.90 Å². The first-order chi connectivity index (χ1) is 11.3. The Morgan fingerprint density at radius 3 is 2.17 bits per heavy atom. The molecule has 0 radical (unpaired) electrons. The summed E-state index contributed by atoms with van der Waals surface area (Å²) in [5.74, 6) is 1.23. The van der Waals surface area contributed by atoms with Crippen molar-refractivity contribution in [1.29, 1.82) is 0 Å². The van der Waals surface area contributed by atoms with Crippen LogP contribution >= 0.6 is 0 Å². The standard InChI is InChI=1S/C14H12F3N3O3S/c15-9-1-4-11(5-2-9)24(22,23)20(8-14(21)19-18)13-6-3-10(16)7-12(13)17/h1-7H,8,18H2,(H,19,21). The molecule has 2 aromatic rings. The number of nitrogens with one attached hydrogen (secondary N) is 1. The van der Waals surface area contributed by atoms with Gasteiger partial charge in [-0.15, -0.1) is 0 Å². The third-order valence-electron chi connectivity index (χ3n) is 3.03. The number of carbonyl (C=O) groups excluding carboxylic acids is 1. The summed E-state index contributed by atoms with van der Waals surface area (Å²) in [5, 5.41) is 0. The average Bonchev–Trinajstić information content (AvgIpc) is 2.53. The predicted octanol–water partition coefficient (Wildman–Crippen LogP) is 1.29. The Labute approximate surface area is 135 Å². The van der Waals surface area contributed by atoms with E-state index in [0.717, 1.165) is 36.4 Å². The van der Waals surface area contributed by atoms with Crippen LogP contribution in [0.25, 0.3) is 0 Å². The van der Waals surface area contributed by atoms with Gasteiger partial charge in [-0.1, -0.05) is 0 Å². The molecule has 3 N–H and O–H groups in total. The monoisotopic (exact) mass is 359 g/mol. The van der Waals surface area contributed by atoms with E-state index < -0.39 is 45.6 Å². The lowest BCUT2D eigenvalue weighted by Crippen LogP contribution is -2.43. The number of nitrogens with zero attached hydrogens (tertiary/aromatic N) is 1. The number of halogens is 3. The van der Waals surface area contributed by atoms with Crippen molar-refractivity contribution in [2.75, 3.05) is 10.8 Å². The maximum Gasteiger partial charge on any atom is 0.264 e. The molecule has 0 bridgehead atoms. The largest absolute Gasteiger partial charge is 0.293 e. The van der Waals surface area contributed by atoms with Crippen molar-refractivity contribution in [1.82, 2.24) is 5.43 Å². The van der Waals surface area contributed by atoms with E-state index in [4.69, 9.17) is 5.84 Å². The lowest BCUT2D eigenvalue weighted by atomic mass is 10.3. The summed E-state index contributed by atoms with van der Waals surface area (Å²) in [6, 6.07) is 5.90. The summed E-state index contributed by atoms with van der Waals surface area (Å²) in [4.78, 5) is 11.1. The molecule has 10 heteroatoms. The van der Waals surface area contributed by atoms with Crippen molar-refractivity contribution >= 4 is 21.6 Å². The zero-order chi connectivity index (χ0) is 17.9. The Balaban J connectivity index is 2.57. The molecule has 0 heterocycles. The first-order valence-corrected chi connectivity index (χ1v) is 7.92. The minimum atomic E-state index is -4.42. The van der Waals surface area contributed by atoms with Gasteiger partial charge in [0.15, 0.2) is 0 Å². The number of hydrogen-bond donors (Lipinski definition) is 2. The molecule has 2 rings (SSSR count). The predicted molar refractivity (Wildman–Crippen MR) is 79.6 cm³/mol. The molecular formula is C14H12F3N3O3S. The minimum absolute atomic E-state index is 0.377. The van der Waals surface area contributed by atoms with E-state index in [1.807, 2.05) is 0 Å². The molecule has 6 nitrogen and oxygen atoms in total. The van der Waals surface area contributed by atoms with Gasteiger partial charge in [-0.3, -0.25) is 14.5 Å². The molecule has 0 atom stereocenters. The zero-order valence-electron chi connectivity index (χ0n) is 12.0. The third-order valence-corrected chi connectivity index (χ3v) is 4.80. The minimum Gasteiger partial charge on any atom is -0.293 e. The number of benzene rings is 2. The van der Waals surface area contributed by atoms with Gasteiger partial charge in [0.25, 0.3) is 15.9 Å². The number of hydrazine groups is 1. The number of rotatable bonds is 5. The maximum absolute atomic E-state index is 14.0. The van der Waals surface area contributed by atoms with Gasteiger partial charge in [-0.05, 0) is 36.4 Å². The van der Waals surface area contributed by atoms with Crippen LogP contribution in [0.15, 0.2) is 47.4 Å². The van der Waals surface area contributed by atoms with Gasteiger partial charge in [0.05, 0.1) is 10.6 Å². The third kappa shape index (κ3) is 3.66. The highest BCUT2D eigenvalue weighted by atomic mass is 32.2. The van der Waals surface area contributed by atoms with Gasteiger partial charge in [0.1, 0.15) is 24.0 Å². The van der Waals surface area contributed by atoms with Crippen molar-refractivity contribution in [3.05, 3.63) is 59.9 Å². The van der Waals surface area contributed by atoms with Crippen molar-refractivity contribution in [3.8, 4) is 0 Å². The first-order valence-electron chi connectivity index (χ1n) is 6.48. The Bertz CT molecular complexity index is 857. The molecule has 0 aliphatic heterocycles. The van der Waals surface area contributed by atoms with E-state index in [1.54, 1.807) is 5.43 Å². The van der Waals surface area contributed by atoms with Crippen LogP contribution in [0.4, 0.5) is 18.9 Å². The Morgan fingerprint density at radius 1 is 1.04 bits per heavy atom. The quantitative estimate of drug-likeness (QED) is 0.478. The molecule has 0 spiro atoms. The number of nitrogens with two attached hydrogens (primary N) is 1. The number of anilines is 1. The molecule has 0 unspecified atom stereocenters. The molecule has 0 aliphatic carbocycles. The summed E-state index contributed by atoms with van der Waals surface area (Å²) in [5.41, 5.74) is 1.18. The smallest absolute Gasteiger partial charge is 0.264 e. The topological polar surface area (TPSA) is 92.5 Å². The van der Waals surface area contributed by atoms with Crippen molar-refractivity contribution < 1.29 is 26.4 Å². The number of sulfonamides is 1. The Hall–Kier alpha value is -2.59. The summed E-state index contributed by atoms with van der Waals surface area (Å²) < 4.78 is 65.8. The van der Waals surface area contributed by atoms with Crippen molar-refractivity contribution in [2.24, 2.45) is 5.84 Å². The molecule has 2 aromatic carbocycles. The van der Waals surface area contributed by atoms with Crippen LogP contribution in [-0.2, 0) is 14.8 Å². The van der Waals surface area contributed by atoms with Crippen LogP contribution in [0.3, 0.4) is 0 Å². The van der Waals surface area contributed by atoms with Gasteiger partial charge in [-0.25, -0.2) is 27.4 Å². The van der Waals surface area contributed by atoms with Crippen molar-refractivity contribution in [3.63, 3.8) is 0 Å². The highest BCUT2D eigenvalue weighted by molar-refractivity contribution is 7.92. The van der Waals surface area contributed by atoms with E-state index in [0.29, 0.717) is 10.4 Å². The first kappa shape index (κ1) is 17.8. The zero-order valence-corrected chi connectivity index (χ0v) is 12.9. The molecule has 0 aliphatic rings. The fourth-order valence-corrected chi connectivity index (χ4v) is 3.32. The SMILES string of the molecule is NNC(=O)CN(c1ccc(F)cc1F)S(=O)(=O)c1ccc(F)cc1. The second kappa shape index (κ2) is 6.89. The Kier molecular flexibility index (Phi) is 5.10. The van der Waals surface area contributed by atoms with E-state index in [-0.39, 0.29) is 4.90 Å². The molecule has 0 saturated carbocycles. The number of amides is 1. The maximum atomic E-state index is 14.0. The highest BCUT2D eigenvalue weighted by Gasteiger charge is 2.29. The lowest BCUT2D eigenvalue weighted by Gasteiger charge is -2.24. The summed E-state index contributed by atoms with van der Waals surface area (Å²) in [6.07, 6.45) is 0. The molecular weight excluding hydrogens is 347 g/mol. The van der Waals surface area contributed by atoms with Crippen LogP contribution in [0, 0.1) is 17.5 Å². The summed E-state index contributed by atoms with van der Waals surface area (Å²) in [6.45, 7) is -0.848. The molecule has 0 saturated heterocycles. The van der Waals surface area contributed by atoms with Crippen LogP contribution < -0.4 is 15.6 Å². The van der Waals surface area contributed by atoms with E-state index in [1.165, 1.54) is 0 Å². The Morgan fingerprint density at radius 2 is 1.62 bits per heavy atom. The number of hydrogen-bond acceptors (Lipinski definition) is 4. The molecule has 128 valence electrons. The fourth-order valence-electron chi connectivity index (χ4n) is 1.89. The fraction of sp³-hybridized carbons (Fsp3) is 0.0714. The van der Waals surface area contributed by atoms with Gasteiger partial charge in [-0.2, -0.15) is 0 Å². The summed E-state index contributed by atoms with van der Waals surface area (Å²) in [7, 11) is -4.42. The second-order valence-corrected chi connectivity index (χ2v) is 6.49. The van der Waals surface area contributed by atoms with E-state index >= 15 is 0 Å². The lowest BCUT2D eigenvalue weighted by molar-refractivity contribution is -0.119. The number of carbonyl (C=O) groups is 1. The van der Waals surface area contributed by atoms with Gasteiger partial charge < -0.3 is 0 Å². The van der Waals surface area contributed by atoms with Crippen LogP contribution in [0.2, 0.25) is 0 Å². The molecule has 24 heavy (non-hydrogen) atoms. The summed E-state index contributed by atoms with van der Waals surface area (Å²) >= 11 is 0. The van der Waals surface area contributed by atoms with Gasteiger partial charge >= 0.3 is 0 Å². The average molecular weight is 359 g/mol. The van der Waals surface area contributed by atoms with E-state index in [2.05, 4.69) is 0 Å². The van der Waals surface area contributed by atoms with Gasteiger partial charge in [0.2, 0.25) is 0 Å². The normalized spacial score (nSPS) is 11.2. The van der Waals surface area contributed by atoms with Gasteiger partial charge in [0, 0.05) is 6.07 Å². The van der Waals surface area contributed by atoms with Crippen LogP contribution in [-0.4, -0.2) is 20.9 Å². The molecule has 0 aromatic heterocycles. The second-order valence-electron chi connectivity index (χ2n) is 4.63. The molecule has 0 fully saturated rings. The van der Waals surface area contributed by atoms with Crippen LogP contribution in [0.1, 0.15) is 0 Å². The van der Waals surface area contributed by atoms with E-state index in [9.17, 15) is 26.4 Å². The highest BCUT2D eigenvalue weighted by Crippen LogP contribution is 2.26. The molecule has 1 amide bonds. The van der Waals surface area contributed by atoms with Crippen LogP contribution in [0.5, 0.6) is 0 Å².